The number of morpholine rings is 1. The van der Waals surface area contributed by atoms with Crippen LogP contribution in [0.3, 0.4) is 0 Å². The Kier molecular flexibility index (Phi) is 4.31. The average molecular weight is 341 g/mol. The Hall–Kier alpha value is -2.18. The highest BCUT2D eigenvalue weighted by molar-refractivity contribution is 5.97. The van der Waals surface area contributed by atoms with Gasteiger partial charge in [0.05, 0.1) is 13.2 Å². The maximum Gasteiger partial charge on any atom is 0.259 e. The first kappa shape index (κ1) is 16.3. The number of para-hydroxylation sites is 1. The minimum atomic E-state index is -0.193. The molecule has 25 heavy (non-hydrogen) atoms. The molecule has 2 atom stereocenters. The molecule has 2 aliphatic rings. The van der Waals surface area contributed by atoms with Crippen LogP contribution in [-0.4, -0.2) is 66.1 Å². The summed E-state index contributed by atoms with van der Waals surface area (Å²) in [6.07, 6.45) is 1.56. The van der Waals surface area contributed by atoms with Gasteiger partial charge < -0.3 is 14.6 Å². The predicted octanol–water partition coefficient (Wildman–Crippen LogP) is 1.32. The normalized spacial score (nSPS) is 24.8. The molecule has 2 fully saturated rings. The van der Waals surface area contributed by atoms with E-state index < -0.39 is 0 Å². The van der Waals surface area contributed by atoms with Crippen molar-refractivity contribution in [2.45, 2.75) is 13.0 Å². The van der Waals surface area contributed by atoms with Crippen molar-refractivity contribution >= 4 is 16.8 Å². The summed E-state index contributed by atoms with van der Waals surface area (Å²) in [7, 11) is 0. The van der Waals surface area contributed by atoms with Gasteiger partial charge in [-0.15, -0.1) is 0 Å². The zero-order valence-electron chi connectivity index (χ0n) is 14.4. The molecular weight excluding hydrogens is 318 g/mol. The number of rotatable bonds is 2. The van der Waals surface area contributed by atoms with Crippen LogP contribution in [0, 0.1) is 5.92 Å². The molecule has 0 saturated carbocycles. The Morgan fingerprint density at radius 1 is 1.20 bits per heavy atom. The van der Waals surface area contributed by atoms with E-state index in [0.29, 0.717) is 30.4 Å². The van der Waals surface area contributed by atoms with Crippen molar-refractivity contribution in [3.05, 3.63) is 46.2 Å². The molecule has 1 N–H and O–H groups in total. The number of pyridine rings is 1. The van der Waals surface area contributed by atoms with Crippen molar-refractivity contribution in [2.24, 2.45) is 5.92 Å². The van der Waals surface area contributed by atoms with Crippen LogP contribution in [0.5, 0.6) is 0 Å². The molecule has 4 rings (SSSR count). The molecule has 6 nitrogen and oxygen atoms in total. The molecule has 3 heterocycles. The molecule has 6 heteroatoms. The summed E-state index contributed by atoms with van der Waals surface area (Å²) in [5, 5.41) is 0.560. The molecule has 0 aliphatic carbocycles. The fourth-order valence-electron chi connectivity index (χ4n) is 4.00. The van der Waals surface area contributed by atoms with Crippen LogP contribution in [0.1, 0.15) is 17.3 Å². The fourth-order valence-corrected chi connectivity index (χ4v) is 4.00. The van der Waals surface area contributed by atoms with E-state index in [9.17, 15) is 9.59 Å². The molecule has 2 unspecified atom stereocenters. The highest BCUT2D eigenvalue weighted by Crippen LogP contribution is 2.24. The van der Waals surface area contributed by atoms with E-state index in [1.54, 1.807) is 12.3 Å². The number of aromatic nitrogens is 1. The molecule has 0 bridgehead atoms. The number of aromatic amines is 1. The lowest BCUT2D eigenvalue weighted by atomic mass is 10.0. The maximum atomic E-state index is 12.9. The van der Waals surface area contributed by atoms with Gasteiger partial charge in [0.1, 0.15) is 5.56 Å². The second-order valence-electron chi connectivity index (χ2n) is 6.98. The number of hydrogen-bond donors (Lipinski definition) is 1. The lowest BCUT2D eigenvalue weighted by Gasteiger charge is -2.33. The van der Waals surface area contributed by atoms with Gasteiger partial charge in [0, 0.05) is 49.3 Å². The highest BCUT2D eigenvalue weighted by Gasteiger charge is 2.37. The number of hydrogen-bond acceptors (Lipinski definition) is 4. The van der Waals surface area contributed by atoms with E-state index in [1.807, 2.05) is 23.1 Å². The number of benzene rings is 1. The lowest BCUT2D eigenvalue weighted by Crippen LogP contribution is -2.47. The SMILES string of the molecule is CC1CN(C(=O)c2c[nH]c3ccccc3c2=O)CC1N1CCOCC1. The van der Waals surface area contributed by atoms with Crippen LogP contribution < -0.4 is 5.43 Å². The smallest absolute Gasteiger partial charge is 0.259 e. The van der Waals surface area contributed by atoms with Gasteiger partial charge in [-0.05, 0) is 18.1 Å². The van der Waals surface area contributed by atoms with Crippen molar-refractivity contribution in [1.29, 1.82) is 0 Å². The Morgan fingerprint density at radius 3 is 2.76 bits per heavy atom. The van der Waals surface area contributed by atoms with Crippen molar-refractivity contribution in [1.82, 2.24) is 14.8 Å². The number of ether oxygens (including phenoxy) is 1. The number of amides is 1. The molecule has 2 aromatic rings. The van der Waals surface area contributed by atoms with Crippen LogP contribution >= 0.6 is 0 Å². The molecule has 1 aromatic carbocycles. The van der Waals surface area contributed by atoms with Crippen LogP contribution in [0.2, 0.25) is 0 Å². The number of H-pyrrole nitrogens is 1. The third kappa shape index (κ3) is 2.96. The van der Waals surface area contributed by atoms with Gasteiger partial charge in [-0.2, -0.15) is 0 Å². The van der Waals surface area contributed by atoms with E-state index >= 15 is 0 Å². The van der Waals surface area contributed by atoms with Crippen LogP contribution in [0.4, 0.5) is 0 Å². The van der Waals surface area contributed by atoms with Crippen LogP contribution in [0.25, 0.3) is 10.9 Å². The van der Waals surface area contributed by atoms with Crippen molar-refractivity contribution in [2.75, 3.05) is 39.4 Å². The van der Waals surface area contributed by atoms with E-state index in [4.69, 9.17) is 4.74 Å². The lowest BCUT2D eigenvalue weighted by molar-refractivity contribution is 0.0119. The third-order valence-electron chi connectivity index (χ3n) is 5.39. The van der Waals surface area contributed by atoms with Crippen LogP contribution in [-0.2, 0) is 4.74 Å². The molecule has 2 saturated heterocycles. The summed E-state index contributed by atoms with van der Waals surface area (Å²) < 4.78 is 5.43. The van der Waals surface area contributed by atoms with Gasteiger partial charge in [0.15, 0.2) is 0 Å². The van der Waals surface area contributed by atoms with E-state index in [-0.39, 0.29) is 16.9 Å². The maximum absolute atomic E-state index is 12.9. The first-order valence-electron chi connectivity index (χ1n) is 8.86. The minimum Gasteiger partial charge on any atom is -0.379 e. The largest absolute Gasteiger partial charge is 0.379 e. The highest BCUT2D eigenvalue weighted by atomic mass is 16.5. The number of carbonyl (C=O) groups excluding carboxylic acids is 1. The standard InChI is InChI=1S/C19H23N3O3/c1-13-11-22(12-17(13)21-6-8-25-9-7-21)19(24)15-10-20-16-5-3-2-4-14(16)18(15)23/h2-5,10,13,17H,6-9,11-12H2,1H3,(H,20,23). The number of likely N-dealkylation sites (tertiary alicyclic amines) is 1. The topological polar surface area (TPSA) is 65.6 Å². The van der Waals surface area contributed by atoms with Gasteiger partial charge in [-0.1, -0.05) is 19.1 Å². The second kappa shape index (κ2) is 6.61. The Morgan fingerprint density at radius 2 is 1.96 bits per heavy atom. The summed E-state index contributed by atoms with van der Waals surface area (Å²) in [5.74, 6) is 0.219. The predicted molar refractivity (Wildman–Crippen MR) is 95.8 cm³/mol. The number of nitrogens with zero attached hydrogens (tertiary/aromatic N) is 2. The summed E-state index contributed by atoms with van der Waals surface area (Å²) in [6.45, 7) is 6.86. The summed E-state index contributed by atoms with van der Waals surface area (Å²) >= 11 is 0. The molecule has 2 aliphatic heterocycles. The van der Waals surface area contributed by atoms with Gasteiger partial charge >= 0.3 is 0 Å². The van der Waals surface area contributed by atoms with E-state index in [2.05, 4.69) is 16.8 Å². The third-order valence-corrected chi connectivity index (χ3v) is 5.39. The van der Waals surface area contributed by atoms with Gasteiger partial charge in [-0.25, -0.2) is 0 Å². The quantitative estimate of drug-likeness (QED) is 0.895. The zero-order chi connectivity index (χ0) is 17.4. The Balaban J connectivity index is 1.57. The summed E-state index contributed by atoms with van der Waals surface area (Å²) in [6, 6.07) is 7.63. The van der Waals surface area contributed by atoms with Gasteiger partial charge in [0.25, 0.3) is 5.91 Å². The summed E-state index contributed by atoms with van der Waals surface area (Å²) in [5.41, 5.74) is 0.792. The van der Waals surface area contributed by atoms with Gasteiger partial charge in [0.2, 0.25) is 5.43 Å². The average Bonchev–Trinajstić information content (AvgIpc) is 3.04. The monoisotopic (exact) mass is 341 g/mol. The molecule has 1 amide bonds. The summed E-state index contributed by atoms with van der Waals surface area (Å²) in [4.78, 5) is 33.0. The molecule has 0 radical (unpaired) electrons. The number of fused-ring (bicyclic) bond motifs is 1. The first-order chi connectivity index (χ1) is 12.1. The first-order valence-corrected chi connectivity index (χ1v) is 8.86. The molecule has 132 valence electrons. The number of nitrogens with one attached hydrogen (secondary N) is 1. The molecular formula is C19H23N3O3. The second-order valence-corrected chi connectivity index (χ2v) is 6.98. The van der Waals surface area contributed by atoms with Crippen molar-refractivity contribution in [3.8, 4) is 0 Å². The van der Waals surface area contributed by atoms with E-state index in [1.165, 1.54) is 0 Å². The molecule has 1 aromatic heterocycles. The van der Waals surface area contributed by atoms with Crippen LogP contribution in [0.15, 0.2) is 35.3 Å². The van der Waals surface area contributed by atoms with E-state index in [0.717, 1.165) is 31.8 Å². The van der Waals surface area contributed by atoms with Crippen molar-refractivity contribution < 1.29 is 9.53 Å². The van der Waals surface area contributed by atoms with Crippen molar-refractivity contribution in [3.63, 3.8) is 0 Å². The number of carbonyl (C=O) groups is 1. The Labute approximate surface area is 146 Å². The van der Waals surface area contributed by atoms with Gasteiger partial charge in [-0.3, -0.25) is 14.5 Å². The zero-order valence-corrected chi connectivity index (χ0v) is 14.4. The minimum absolute atomic E-state index is 0.172. The fraction of sp³-hybridized carbons (Fsp3) is 0.474. The Bertz CT molecular complexity index is 841. The molecule has 0 spiro atoms.